The van der Waals surface area contributed by atoms with Crippen molar-refractivity contribution >= 4 is 6.01 Å². The average Bonchev–Trinajstić information content (AvgIpc) is 2.89. The second kappa shape index (κ2) is 6.14. The van der Waals surface area contributed by atoms with E-state index in [1.54, 1.807) is 28.3 Å². The van der Waals surface area contributed by atoms with Gasteiger partial charge in [0.1, 0.15) is 0 Å². The van der Waals surface area contributed by atoms with Gasteiger partial charge in [0.2, 0.25) is 11.6 Å². The Morgan fingerprint density at radius 1 is 1.05 bits per heavy atom. The van der Waals surface area contributed by atoms with Crippen LogP contribution in [0.1, 0.15) is 11.5 Å². The summed E-state index contributed by atoms with van der Waals surface area (Å²) in [5, 5.41) is 10.6. The van der Waals surface area contributed by atoms with Gasteiger partial charge < -0.3 is 23.9 Å². The minimum absolute atomic E-state index is 0.372. The van der Waals surface area contributed by atoms with Crippen LogP contribution in [0.5, 0.6) is 17.2 Å². The molecule has 0 saturated carbocycles. The number of aromatic nitrogens is 2. The molecule has 0 atom stereocenters. The van der Waals surface area contributed by atoms with Crippen LogP contribution in [0, 0.1) is 6.92 Å². The first-order valence-electron chi connectivity index (χ1n) is 6.00. The Hall–Kier alpha value is -2.44. The topological polar surface area (TPSA) is 78.6 Å². The molecular weight excluding hydrogens is 262 g/mol. The van der Waals surface area contributed by atoms with E-state index in [0.717, 1.165) is 5.56 Å². The molecule has 0 aliphatic rings. The summed E-state index contributed by atoms with van der Waals surface area (Å²) in [7, 11) is 4.73. The normalized spacial score (nSPS) is 10.2. The van der Waals surface area contributed by atoms with E-state index in [9.17, 15) is 0 Å². The molecule has 0 fully saturated rings. The Morgan fingerprint density at radius 2 is 1.70 bits per heavy atom. The van der Waals surface area contributed by atoms with Gasteiger partial charge in [0, 0.05) is 13.5 Å². The molecule has 1 N–H and O–H groups in total. The molecule has 7 nitrogen and oxygen atoms in total. The lowest BCUT2D eigenvalue weighted by atomic mass is 10.2. The third-order valence-electron chi connectivity index (χ3n) is 2.69. The van der Waals surface area contributed by atoms with Crippen LogP contribution >= 0.6 is 0 Å². The van der Waals surface area contributed by atoms with Crippen LogP contribution in [0.3, 0.4) is 0 Å². The zero-order valence-electron chi connectivity index (χ0n) is 11.9. The summed E-state index contributed by atoms with van der Waals surface area (Å²) < 4.78 is 21.1. The van der Waals surface area contributed by atoms with Crippen molar-refractivity contribution in [3.8, 4) is 17.2 Å². The standard InChI is InChI=1S/C13H17N3O4/c1-8-15-16-13(20-8)14-7-9-5-10(17-2)12(19-4)11(6-9)18-3/h5-6H,7H2,1-4H3,(H,14,16). The van der Waals surface area contributed by atoms with E-state index in [1.165, 1.54) is 0 Å². The van der Waals surface area contributed by atoms with Crippen LogP contribution in [-0.2, 0) is 6.54 Å². The first-order chi connectivity index (χ1) is 9.67. The molecule has 1 aromatic carbocycles. The number of nitrogens with zero attached hydrogens (tertiary/aromatic N) is 2. The summed E-state index contributed by atoms with van der Waals surface area (Å²) in [6.07, 6.45) is 0. The van der Waals surface area contributed by atoms with Crippen LogP contribution in [-0.4, -0.2) is 31.5 Å². The van der Waals surface area contributed by atoms with E-state index in [1.807, 2.05) is 12.1 Å². The van der Waals surface area contributed by atoms with E-state index < -0.39 is 0 Å². The summed E-state index contributed by atoms with van der Waals surface area (Å²) in [5.74, 6) is 2.28. The van der Waals surface area contributed by atoms with Crippen LogP contribution in [0.25, 0.3) is 0 Å². The molecule has 0 spiro atoms. The van der Waals surface area contributed by atoms with Gasteiger partial charge in [-0.05, 0) is 17.7 Å². The quantitative estimate of drug-likeness (QED) is 0.866. The van der Waals surface area contributed by atoms with Gasteiger partial charge in [0.05, 0.1) is 21.3 Å². The van der Waals surface area contributed by atoms with E-state index in [-0.39, 0.29) is 0 Å². The summed E-state index contributed by atoms with van der Waals surface area (Å²) in [4.78, 5) is 0. The van der Waals surface area contributed by atoms with E-state index in [4.69, 9.17) is 18.6 Å². The molecule has 7 heteroatoms. The molecule has 0 bridgehead atoms. The number of hydrogen-bond donors (Lipinski definition) is 1. The number of anilines is 1. The Kier molecular flexibility index (Phi) is 4.29. The molecule has 0 radical (unpaired) electrons. The van der Waals surface area contributed by atoms with Crippen molar-refractivity contribution < 1.29 is 18.6 Å². The van der Waals surface area contributed by atoms with Crippen LogP contribution in [0.15, 0.2) is 16.5 Å². The van der Waals surface area contributed by atoms with E-state index >= 15 is 0 Å². The summed E-state index contributed by atoms with van der Waals surface area (Å²) in [6, 6.07) is 4.09. The molecule has 0 unspecified atom stereocenters. The maximum absolute atomic E-state index is 5.29. The molecule has 108 valence electrons. The number of nitrogens with one attached hydrogen (secondary N) is 1. The highest BCUT2D eigenvalue weighted by atomic mass is 16.5. The minimum Gasteiger partial charge on any atom is -0.493 e. The van der Waals surface area contributed by atoms with Crippen molar-refractivity contribution in [2.45, 2.75) is 13.5 Å². The fourth-order valence-electron chi connectivity index (χ4n) is 1.78. The Bertz CT molecular complexity index is 558. The molecule has 0 aliphatic heterocycles. The van der Waals surface area contributed by atoms with Gasteiger partial charge in [0.15, 0.2) is 11.5 Å². The molecule has 0 saturated heterocycles. The zero-order chi connectivity index (χ0) is 14.5. The lowest BCUT2D eigenvalue weighted by Crippen LogP contribution is -2.02. The second-order valence-electron chi connectivity index (χ2n) is 4.01. The highest BCUT2D eigenvalue weighted by Crippen LogP contribution is 2.38. The van der Waals surface area contributed by atoms with Gasteiger partial charge in [-0.15, -0.1) is 5.10 Å². The summed E-state index contributed by atoms with van der Waals surface area (Å²) in [6.45, 7) is 2.23. The van der Waals surface area contributed by atoms with Crippen LogP contribution < -0.4 is 19.5 Å². The highest BCUT2D eigenvalue weighted by Gasteiger charge is 2.13. The Morgan fingerprint density at radius 3 is 2.15 bits per heavy atom. The third kappa shape index (κ3) is 2.93. The molecular formula is C13H17N3O4. The largest absolute Gasteiger partial charge is 0.493 e. The molecule has 1 aromatic heterocycles. The number of aryl methyl sites for hydroxylation is 1. The fourth-order valence-corrected chi connectivity index (χ4v) is 1.78. The maximum atomic E-state index is 5.29. The predicted octanol–water partition coefficient (Wildman–Crippen LogP) is 2.02. The third-order valence-corrected chi connectivity index (χ3v) is 2.69. The first kappa shape index (κ1) is 14.0. The first-order valence-corrected chi connectivity index (χ1v) is 6.00. The van der Waals surface area contributed by atoms with Gasteiger partial charge in [0.25, 0.3) is 0 Å². The van der Waals surface area contributed by atoms with Gasteiger partial charge in [-0.3, -0.25) is 0 Å². The van der Waals surface area contributed by atoms with Gasteiger partial charge in [-0.25, -0.2) is 0 Å². The molecule has 0 amide bonds. The van der Waals surface area contributed by atoms with Crippen molar-refractivity contribution in [3.63, 3.8) is 0 Å². The lowest BCUT2D eigenvalue weighted by molar-refractivity contribution is 0.324. The fraction of sp³-hybridized carbons (Fsp3) is 0.385. The highest BCUT2D eigenvalue weighted by molar-refractivity contribution is 5.54. The predicted molar refractivity (Wildman–Crippen MR) is 72.5 cm³/mol. The SMILES string of the molecule is COc1cc(CNc2nnc(C)o2)cc(OC)c1OC. The number of methoxy groups -OCH3 is 3. The summed E-state index contributed by atoms with van der Waals surface area (Å²) in [5.41, 5.74) is 0.940. The zero-order valence-corrected chi connectivity index (χ0v) is 11.9. The molecule has 20 heavy (non-hydrogen) atoms. The van der Waals surface area contributed by atoms with Crippen LogP contribution in [0.4, 0.5) is 6.01 Å². The molecule has 2 aromatic rings. The number of benzene rings is 1. The second-order valence-corrected chi connectivity index (χ2v) is 4.01. The Balaban J connectivity index is 2.19. The lowest BCUT2D eigenvalue weighted by Gasteiger charge is -2.14. The molecule has 2 rings (SSSR count). The minimum atomic E-state index is 0.372. The monoisotopic (exact) mass is 279 g/mol. The molecule has 0 aliphatic carbocycles. The smallest absolute Gasteiger partial charge is 0.315 e. The van der Waals surface area contributed by atoms with E-state index in [2.05, 4.69) is 15.5 Å². The number of hydrogen-bond acceptors (Lipinski definition) is 7. The van der Waals surface area contributed by atoms with Crippen molar-refractivity contribution in [2.75, 3.05) is 26.6 Å². The number of rotatable bonds is 6. The number of ether oxygens (including phenoxy) is 3. The Labute approximate surface area is 116 Å². The van der Waals surface area contributed by atoms with Gasteiger partial charge in [-0.2, -0.15) is 0 Å². The molecule has 1 heterocycles. The van der Waals surface area contributed by atoms with Crippen molar-refractivity contribution in [3.05, 3.63) is 23.6 Å². The van der Waals surface area contributed by atoms with Crippen molar-refractivity contribution in [2.24, 2.45) is 0 Å². The van der Waals surface area contributed by atoms with Crippen molar-refractivity contribution in [1.29, 1.82) is 0 Å². The average molecular weight is 279 g/mol. The van der Waals surface area contributed by atoms with E-state index in [0.29, 0.717) is 35.7 Å². The van der Waals surface area contributed by atoms with Crippen molar-refractivity contribution in [1.82, 2.24) is 10.2 Å². The summed E-state index contributed by atoms with van der Waals surface area (Å²) >= 11 is 0. The van der Waals surface area contributed by atoms with Gasteiger partial charge in [-0.1, -0.05) is 5.10 Å². The van der Waals surface area contributed by atoms with Crippen LogP contribution in [0.2, 0.25) is 0 Å². The maximum Gasteiger partial charge on any atom is 0.315 e. The van der Waals surface area contributed by atoms with Gasteiger partial charge >= 0.3 is 6.01 Å².